The minimum atomic E-state index is -3.17. The quantitative estimate of drug-likeness (QED) is 0.928. The summed E-state index contributed by atoms with van der Waals surface area (Å²) >= 11 is 0. The topological polar surface area (TPSA) is 49.4 Å². The van der Waals surface area contributed by atoms with Crippen LogP contribution in [0.1, 0.15) is 25.7 Å². The minimum absolute atomic E-state index is 0.386. The monoisotopic (exact) mass is 294 g/mol. The first-order chi connectivity index (χ1) is 9.54. The molecule has 3 rings (SSSR count). The molecule has 0 aliphatic carbocycles. The van der Waals surface area contributed by atoms with E-state index in [4.69, 9.17) is 0 Å². The van der Waals surface area contributed by atoms with Gasteiger partial charge in [0.2, 0.25) is 0 Å². The van der Waals surface area contributed by atoms with E-state index in [1.165, 1.54) is 25.6 Å². The number of anilines is 1. The lowest BCUT2D eigenvalue weighted by Crippen LogP contribution is -2.42. The van der Waals surface area contributed by atoms with E-state index in [0.717, 1.165) is 25.1 Å². The van der Waals surface area contributed by atoms with Crippen LogP contribution in [0.25, 0.3) is 0 Å². The number of hydrogen-bond acceptors (Lipinski definition) is 4. The summed E-state index contributed by atoms with van der Waals surface area (Å²) in [7, 11) is -3.17. The van der Waals surface area contributed by atoms with Crippen LogP contribution in [0.5, 0.6) is 0 Å². The lowest BCUT2D eigenvalue weighted by atomic mass is 9.97. The molecule has 5 heteroatoms. The number of rotatable bonds is 3. The summed E-state index contributed by atoms with van der Waals surface area (Å²) < 4.78 is 23.7. The first-order valence-electron chi connectivity index (χ1n) is 7.34. The zero-order valence-electron chi connectivity index (χ0n) is 11.9. The molecule has 4 nitrogen and oxygen atoms in total. The number of sulfone groups is 1. The molecule has 0 saturated carbocycles. The Morgan fingerprint density at radius 3 is 2.80 bits per heavy atom. The third-order valence-corrected chi connectivity index (χ3v) is 5.62. The van der Waals surface area contributed by atoms with Crippen LogP contribution in [0.4, 0.5) is 5.69 Å². The summed E-state index contributed by atoms with van der Waals surface area (Å²) in [4.78, 5) is 2.98. The third-order valence-electron chi connectivity index (χ3n) is 4.47. The van der Waals surface area contributed by atoms with E-state index in [1.54, 1.807) is 12.1 Å². The highest BCUT2D eigenvalue weighted by Gasteiger charge is 2.31. The van der Waals surface area contributed by atoms with Gasteiger partial charge in [-0.25, -0.2) is 8.42 Å². The van der Waals surface area contributed by atoms with Crippen molar-refractivity contribution >= 4 is 15.5 Å². The average Bonchev–Trinajstić information content (AvgIpc) is 2.85. The molecule has 2 saturated heterocycles. The summed E-state index contributed by atoms with van der Waals surface area (Å²) in [6, 6.07) is 8.30. The van der Waals surface area contributed by atoms with E-state index in [9.17, 15) is 8.42 Å². The predicted octanol–water partition coefficient (Wildman–Crippen LogP) is 2.13. The van der Waals surface area contributed by atoms with Crippen molar-refractivity contribution in [3.05, 3.63) is 24.3 Å². The number of para-hydroxylation sites is 1. The lowest BCUT2D eigenvalue weighted by molar-refractivity contribution is 0.188. The molecular weight excluding hydrogens is 272 g/mol. The van der Waals surface area contributed by atoms with Gasteiger partial charge in [-0.2, -0.15) is 0 Å². The number of nitrogens with zero attached hydrogens (tertiary/aromatic N) is 1. The highest BCUT2D eigenvalue weighted by molar-refractivity contribution is 7.90. The van der Waals surface area contributed by atoms with Crippen molar-refractivity contribution in [3.8, 4) is 0 Å². The van der Waals surface area contributed by atoms with E-state index < -0.39 is 9.84 Å². The Labute approximate surface area is 121 Å². The van der Waals surface area contributed by atoms with Crippen molar-refractivity contribution in [3.63, 3.8) is 0 Å². The van der Waals surface area contributed by atoms with Gasteiger partial charge in [0.15, 0.2) is 9.84 Å². The molecule has 2 heterocycles. The Bertz CT molecular complexity index is 585. The van der Waals surface area contributed by atoms with Crippen molar-refractivity contribution in [2.75, 3.05) is 24.7 Å². The van der Waals surface area contributed by atoms with Crippen molar-refractivity contribution in [2.24, 2.45) is 0 Å². The molecule has 0 bridgehead atoms. The van der Waals surface area contributed by atoms with Gasteiger partial charge in [0.05, 0.1) is 10.6 Å². The summed E-state index contributed by atoms with van der Waals surface area (Å²) in [6.07, 6.45) is 6.07. The summed E-state index contributed by atoms with van der Waals surface area (Å²) in [6.45, 7) is 2.36. The summed E-state index contributed by atoms with van der Waals surface area (Å²) in [5.74, 6) is 0. The summed E-state index contributed by atoms with van der Waals surface area (Å²) in [5, 5.41) is 3.46. The molecule has 2 aliphatic heterocycles. The van der Waals surface area contributed by atoms with Gasteiger partial charge in [-0.3, -0.25) is 0 Å². The lowest BCUT2D eigenvalue weighted by Gasteiger charge is -2.35. The number of benzene rings is 1. The normalized spacial score (nSPS) is 27.2. The molecule has 2 aliphatic rings. The van der Waals surface area contributed by atoms with E-state index in [-0.39, 0.29) is 0 Å². The molecule has 1 N–H and O–H groups in total. The second-order valence-electron chi connectivity index (χ2n) is 5.97. The van der Waals surface area contributed by atoms with Crippen LogP contribution in [-0.2, 0) is 9.84 Å². The summed E-state index contributed by atoms with van der Waals surface area (Å²) in [5.41, 5.74) is 0.756. The SMILES string of the molecule is CS(=O)(=O)c1ccccc1NC1CCN2CCCC2C1. The maximum Gasteiger partial charge on any atom is 0.177 e. The fourth-order valence-corrected chi connectivity index (χ4v) is 4.34. The highest BCUT2D eigenvalue weighted by atomic mass is 32.2. The number of fused-ring (bicyclic) bond motifs is 1. The van der Waals surface area contributed by atoms with Crippen molar-refractivity contribution < 1.29 is 8.42 Å². The standard InChI is InChI=1S/C15H22N2O2S/c1-20(18,19)15-7-3-2-6-14(15)16-12-8-10-17-9-4-5-13(17)11-12/h2-3,6-7,12-13,16H,4-5,8-11H2,1H3. The molecule has 2 atom stereocenters. The van der Waals surface area contributed by atoms with Crippen molar-refractivity contribution in [2.45, 2.75) is 42.7 Å². The van der Waals surface area contributed by atoms with Gasteiger partial charge in [-0.05, 0) is 44.4 Å². The Hall–Kier alpha value is -1.07. The van der Waals surface area contributed by atoms with Crippen molar-refractivity contribution in [1.29, 1.82) is 0 Å². The third kappa shape index (κ3) is 2.83. The van der Waals surface area contributed by atoms with Gasteiger partial charge in [0, 0.05) is 24.9 Å². The average molecular weight is 294 g/mol. The molecule has 0 radical (unpaired) electrons. The van der Waals surface area contributed by atoms with E-state index in [2.05, 4.69) is 10.2 Å². The van der Waals surface area contributed by atoms with Crippen LogP contribution < -0.4 is 5.32 Å². The Kier molecular flexibility index (Phi) is 3.73. The molecule has 110 valence electrons. The first-order valence-corrected chi connectivity index (χ1v) is 9.23. The largest absolute Gasteiger partial charge is 0.381 e. The zero-order chi connectivity index (χ0) is 14.2. The Morgan fingerprint density at radius 1 is 1.20 bits per heavy atom. The van der Waals surface area contributed by atoms with Gasteiger partial charge in [0.25, 0.3) is 0 Å². The molecule has 2 fully saturated rings. The molecule has 1 aromatic rings. The Morgan fingerprint density at radius 2 is 2.00 bits per heavy atom. The van der Waals surface area contributed by atoms with Crippen LogP contribution >= 0.6 is 0 Å². The van der Waals surface area contributed by atoms with Gasteiger partial charge < -0.3 is 10.2 Å². The predicted molar refractivity (Wildman–Crippen MR) is 80.8 cm³/mol. The molecule has 2 unspecified atom stereocenters. The van der Waals surface area contributed by atoms with Crippen LogP contribution in [0.15, 0.2) is 29.2 Å². The van der Waals surface area contributed by atoms with Crippen LogP contribution in [-0.4, -0.2) is 44.7 Å². The second-order valence-corrected chi connectivity index (χ2v) is 7.95. The molecule has 0 aromatic heterocycles. The maximum absolute atomic E-state index is 11.8. The minimum Gasteiger partial charge on any atom is -0.381 e. The van der Waals surface area contributed by atoms with Crippen LogP contribution in [0, 0.1) is 0 Å². The second kappa shape index (κ2) is 5.37. The van der Waals surface area contributed by atoms with Gasteiger partial charge in [-0.1, -0.05) is 12.1 Å². The van der Waals surface area contributed by atoms with Crippen LogP contribution in [0.3, 0.4) is 0 Å². The van der Waals surface area contributed by atoms with Gasteiger partial charge >= 0.3 is 0 Å². The molecule has 1 aromatic carbocycles. The highest BCUT2D eigenvalue weighted by Crippen LogP contribution is 2.30. The van der Waals surface area contributed by atoms with E-state index >= 15 is 0 Å². The van der Waals surface area contributed by atoms with Gasteiger partial charge in [-0.15, -0.1) is 0 Å². The number of hydrogen-bond donors (Lipinski definition) is 1. The molecule has 0 spiro atoms. The fourth-order valence-electron chi connectivity index (χ4n) is 3.48. The fraction of sp³-hybridized carbons (Fsp3) is 0.600. The number of nitrogens with one attached hydrogen (secondary N) is 1. The Balaban J connectivity index is 1.75. The maximum atomic E-state index is 11.8. The van der Waals surface area contributed by atoms with E-state index in [1.807, 2.05) is 12.1 Å². The van der Waals surface area contributed by atoms with E-state index in [0.29, 0.717) is 17.0 Å². The van der Waals surface area contributed by atoms with Crippen molar-refractivity contribution in [1.82, 2.24) is 4.90 Å². The first kappa shape index (κ1) is 13.9. The molecular formula is C15H22N2O2S. The van der Waals surface area contributed by atoms with Crippen LogP contribution in [0.2, 0.25) is 0 Å². The van der Waals surface area contributed by atoms with Gasteiger partial charge in [0.1, 0.15) is 0 Å². The number of piperidine rings is 1. The zero-order valence-corrected chi connectivity index (χ0v) is 12.7. The smallest absolute Gasteiger partial charge is 0.177 e. The molecule has 0 amide bonds. The molecule has 20 heavy (non-hydrogen) atoms.